The molecule has 0 saturated carbocycles. The second-order valence-corrected chi connectivity index (χ2v) is 6.49. The van der Waals surface area contributed by atoms with Crippen molar-refractivity contribution in [1.29, 1.82) is 0 Å². The molecule has 0 radical (unpaired) electrons. The van der Waals surface area contributed by atoms with Crippen LogP contribution in [-0.2, 0) is 12.8 Å². The summed E-state index contributed by atoms with van der Waals surface area (Å²) in [5.74, 6) is 1.54. The van der Waals surface area contributed by atoms with Crippen LogP contribution in [0.5, 0.6) is 0 Å². The van der Waals surface area contributed by atoms with E-state index in [1.165, 1.54) is 0 Å². The molecule has 2 aromatic heterocycles. The van der Waals surface area contributed by atoms with Gasteiger partial charge in [0.2, 0.25) is 11.8 Å². The molecule has 6 nitrogen and oxygen atoms in total. The van der Waals surface area contributed by atoms with E-state index in [9.17, 15) is 0 Å². The largest absolute Gasteiger partial charge is 0.425 e. The van der Waals surface area contributed by atoms with Gasteiger partial charge in [-0.05, 0) is 35.4 Å². The molecule has 0 aliphatic rings. The summed E-state index contributed by atoms with van der Waals surface area (Å²) in [6, 6.07) is 11.3. The van der Waals surface area contributed by atoms with Gasteiger partial charge in [0.05, 0.1) is 28.4 Å². The SMILES string of the molecule is Nc1n[nH]c2ccc(Cc3nnc(Cc4ccc(Cl)c(Cl)c4)o3)cc12. The van der Waals surface area contributed by atoms with Gasteiger partial charge in [-0.2, -0.15) is 5.10 Å². The molecule has 0 aliphatic carbocycles. The van der Waals surface area contributed by atoms with Crippen molar-refractivity contribution < 1.29 is 4.42 Å². The zero-order valence-electron chi connectivity index (χ0n) is 13.0. The fourth-order valence-electron chi connectivity index (χ4n) is 2.62. The Balaban J connectivity index is 1.52. The molecule has 0 bridgehead atoms. The first kappa shape index (κ1) is 15.9. The Hall–Kier alpha value is -2.57. The lowest BCUT2D eigenvalue weighted by atomic mass is 10.1. The van der Waals surface area contributed by atoms with Gasteiger partial charge in [-0.15, -0.1) is 10.2 Å². The van der Waals surface area contributed by atoms with E-state index in [4.69, 9.17) is 33.4 Å². The minimum atomic E-state index is 0.475. The van der Waals surface area contributed by atoms with E-state index in [-0.39, 0.29) is 0 Å². The fourth-order valence-corrected chi connectivity index (χ4v) is 2.94. The molecule has 25 heavy (non-hydrogen) atoms. The Morgan fingerprint density at radius 3 is 2.32 bits per heavy atom. The van der Waals surface area contributed by atoms with Gasteiger partial charge in [0, 0.05) is 5.39 Å². The Morgan fingerprint density at radius 2 is 1.60 bits per heavy atom. The summed E-state index contributed by atoms with van der Waals surface area (Å²) in [5.41, 5.74) is 8.71. The summed E-state index contributed by atoms with van der Waals surface area (Å²) in [6.07, 6.45) is 1.02. The topological polar surface area (TPSA) is 93.6 Å². The molecule has 0 fully saturated rings. The predicted octanol–water partition coefficient (Wildman–Crippen LogP) is 4.02. The number of hydrogen-bond donors (Lipinski definition) is 2. The average Bonchev–Trinajstić information content (AvgIpc) is 3.18. The molecule has 4 aromatic rings. The number of H-pyrrole nitrogens is 1. The van der Waals surface area contributed by atoms with Gasteiger partial charge in [-0.1, -0.05) is 35.3 Å². The number of aromatic amines is 1. The first-order valence-corrected chi connectivity index (χ1v) is 8.32. The minimum Gasteiger partial charge on any atom is -0.425 e. The zero-order valence-corrected chi connectivity index (χ0v) is 14.5. The standard InChI is InChI=1S/C17H13Cl2N5O/c18-12-3-1-10(6-13(12)19)8-16-23-22-15(25-16)7-9-2-4-14-11(5-9)17(20)24-21-14/h1-6H,7-8H2,(H3,20,21,24). The highest BCUT2D eigenvalue weighted by Gasteiger charge is 2.10. The van der Waals surface area contributed by atoms with E-state index in [0.717, 1.165) is 22.0 Å². The van der Waals surface area contributed by atoms with Crippen molar-refractivity contribution >= 4 is 39.9 Å². The number of nitrogens with two attached hydrogens (primary N) is 1. The van der Waals surface area contributed by atoms with Gasteiger partial charge in [0.1, 0.15) is 0 Å². The zero-order chi connectivity index (χ0) is 17.4. The van der Waals surface area contributed by atoms with E-state index in [1.807, 2.05) is 24.3 Å². The number of nitrogens with one attached hydrogen (secondary N) is 1. The van der Waals surface area contributed by atoms with Crippen molar-refractivity contribution in [2.75, 3.05) is 5.73 Å². The highest BCUT2D eigenvalue weighted by Crippen LogP contribution is 2.24. The van der Waals surface area contributed by atoms with Crippen molar-refractivity contribution in [2.24, 2.45) is 0 Å². The van der Waals surface area contributed by atoms with E-state index < -0.39 is 0 Å². The first-order valence-electron chi connectivity index (χ1n) is 7.56. The van der Waals surface area contributed by atoms with E-state index in [0.29, 0.717) is 40.5 Å². The summed E-state index contributed by atoms with van der Waals surface area (Å²) in [5, 5.41) is 17.0. The minimum absolute atomic E-state index is 0.475. The van der Waals surface area contributed by atoms with E-state index >= 15 is 0 Å². The van der Waals surface area contributed by atoms with Gasteiger partial charge in [0.15, 0.2) is 5.82 Å². The first-order chi connectivity index (χ1) is 12.1. The van der Waals surface area contributed by atoms with Crippen LogP contribution in [0, 0.1) is 0 Å². The van der Waals surface area contributed by atoms with Crippen LogP contribution in [0.15, 0.2) is 40.8 Å². The lowest BCUT2D eigenvalue weighted by molar-refractivity contribution is 0.466. The van der Waals surface area contributed by atoms with Crippen molar-refractivity contribution in [2.45, 2.75) is 12.8 Å². The third kappa shape index (κ3) is 3.31. The Morgan fingerprint density at radius 1 is 0.920 bits per heavy atom. The van der Waals surface area contributed by atoms with Crippen molar-refractivity contribution in [3.05, 3.63) is 69.4 Å². The molecule has 3 N–H and O–H groups in total. The number of hydrogen-bond acceptors (Lipinski definition) is 5. The summed E-state index contributed by atoms with van der Waals surface area (Å²) < 4.78 is 5.73. The maximum absolute atomic E-state index is 6.03. The summed E-state index contributed by atoms with van der Waals surface area (Å²) in [4.78, 5) is 0. The number of nitrogen functional groups attached to an aromatic ring is 1. The van der Waals surface area contributed by atoms with Crippen LogP contribution >= 0.6 is 23.2 Å². The maximum Gasteiger partial charge on any atom is 0.220 e. The highest BCUT2D eigenvalue weighted by molar-refractivity contribution is 6.42. The molecule has 0 spiro atoms. The van der Waals surface area contributed by atoms with Gasteiger partial charge < -0.3 is 10.2 Å². The number of aromatic nitrogens is 4. The second kappa shape index (κ2) is 6.38. The third-order valence-corrected chi connectivity index (χ3v) is 4.60. The average molecular weight is 374 g/mol. The van der Waals surface area contributed by atoms with Gasteiger partial charge in [0.25, 0.3) is 0 Å². The van der Waals surface area contributed by atoms with Crippen molar-refractivity contribution in [3.63, 3.8) is 0 Å². The molecule has 4 rings (SSSR count). The third-order valence-electron chi connectivity index (χ3n) is 3.86. The highest BCUT2D eigenvalue weighted by atomic mass is 35.5. The lowest BCUT2D eigenvalue weighted by Gasteiger charge is -2.00. The summed E-state index contributed by atoms with van der Waals surface area (Å²) in [7, 11) is 0. The number of halogens is 2. The van der Waals surface area contributed by atoms with Crippen LogP contribution in [0.25, 0.3) is 10.9 Å². The van der Waals surface area contributed by atoms with E-state index in [2.05, 4.69) is 20.4 Å². The molecule has 126 valence electrons. The smallest absolute Gasteiger partial charge is 0.220 e. The van der Waals surface area contributed by atoms with Gasteiger partial charge in [-0.25, -0.2) is 0 Å². The van der Waals surface area contributed by atoms with Crippen LogP contribution in [0.2, 0.25) is 10.0 Å². The van der Waals surface area contributed by atoms with Gasteiger partial charge >= 0.3 is 0 Å². The Labute approximate surface area is 153 Å². The predicted molar refractivity (Wildman–Crippen MR) is 96.9 cm³/mol. The second-order valence-electron chi connectivity index (χ2n) is 5.68. The van der Waals surface area contributed by atoms with Gasteiger partial charge in [-0.3, -0.25) is 5.10 Å². The summed E-state index contributed by atoms with van der Waals surface area (Å²) >= 11 is 12.0. The molecular weight excluding hydrogens is 361 g/mol. The normalized spacial score (nSPS) is 11.3. The number of fused-ring (bicyclic) bond motifs is 1. The molecule has 2 aromatic carbocycles. The Bertz CT molecular complexity index is 1060. The molecule has 2 heterocycles. The number of nitrogens with zero attached hydrogens (tertiary/aromatic N) is 3. The summed E-state index contributed by atoms with van der Waals surface area (Å²) in [6.45, 7) is 0. The fraction of sp³-hybridized carbons (Fsp3) is 0.118. The lowest BCUT2D eigenvalue weighted by Crippen LogP contribution is -1.89. The molecule has 0 aliphatic heterocycles. The van der Waals surface area contributed by atoms with Crippen LogP contribution in [0.4, 0.5) is 5.82 Å². The molecule has 0 unspecified atom stereocenters. The van der Waals surface area contributed by atoms with Crippen molar-refractivity contribution in [1.82, 2.24) is 20.4 Å². The molecule has 0 saturated heterocycles. The van der Waals surface area contributed by atoms with Crippen LogP contribution in [-0.4, -0.2) is 20.4 Å². The Kier molecular flexibility index (Phi) is 4.07. The monoisotopic (exact) mass is 373 g/mol. The number of anilines is 1. The molecular formula is C17H13Cl2N5O. The number of rotatable bonds is 4. The quantitative estimate of drug-likeness (QED) is 0.563. The maximum atomic E-state index is 6.03. The van der Waals surface area contributed by atoms with Crippen LogP contribution < -0.4 is 5.73 Å². The molecule has 0 amide bonds. The van der Waals surface area contributed by atoms with Crippen molar-refractivity contribution in [3.8, 4) is 0 Å². The van der Waals surface area contributed by atoms with Crippen LogP contribution in [0.3, 0.4) is 0 Å². The number of benzene rings is 2. The molecule has 8 heteroatoms. The van der Waals surface area contributed by atoms with Crippen LogP contribution in [0.1, 0.15) is 22.9 Å². The van der Waals surface area contributed by atoms with E-state index in [1.54, 1.807) is 12.1 Å². The molecule has 0 atom stereocenters.